The number of hydrogen-bond donors (Lipinski definition) is 4. The molecule has 3 rings (SSSR count). The Balaban J connectivity index is 2.02. The summed E-state index contributed by atoms with van der Waals surface area (Å²) in [6.45, 7) is -0.176. The van der Waals surface area contributed by atoms with E-state index < -0.39 is 31.1 Å². The summed E-state index contributed by atoms with van der Waals surface area (Å²) in [7, 11) is 3.23. The van der Waals surface area contributed by atoms with Crippen LogP contribution in [0.4, 0.5) is 17.5 Å². The van der Waals surface area contributed by atoms with E-state index in [1.807, 2.05) is 0 Å². The molecule has 2 aliphatic rings. The van der Waals surface area contributed by atoms with Gasteiger partial charge in [0.15, 0.2) is 12.0 Å². The van der Waals surface area contributed by atoms with Gasteiger partial charge in [0, 0.05) is 14.1 Å². The third-order valence-electron chi connectivity index (χ3n) is 4.13. The van der Waals surface area contributed by atoms with Crippen LogP contribution in [0.2, 0.25) is 0 Å². The number of fused-ring (bicyclic) bond motifs is 1. The lowest BCUT2D eigenvalue weighted by Gasteiger charge is -2.27. The summed E-state index contributed by atoms with van der Waals surface area (Å²) in [5.74, 6) is 0.328. The van der Waals surface area contributed by atoms with E-state index in [1.165, 1.54) is 11.6 Å². The highest BCUT2D eigenvalue weighted by Crippen LogP contribution is 2.36. The van der Waals surface area contributed by atoms with Gasteiger partial charge < -0.3 is 35.6 Å². The quantitative estimate of drug-likeness (QED) is 0.450. The number of aliphatic hydroxyl groups excluding tert-OH is 3. The Kier molecular flexibility index (Phi) is 3.48. The van der Waals surface area contributed by atoms with Gasteiger partial charge in [0.05, 0.1) is 13.3 Å². The maximum atomic E-state index is 12.3. The van der Waals surface area contributed by atoms with Gasteiger partial charge in [0.25, 0.3) is 5.56 Å². The Hall–Kier alpha value is -1.88. The molecular weight excluding hydrogens is 294 g/mol. The Labute approximate surface area is 126 Å². The maximum Gasteiger partial charge on any atom is 0.280 e. The molecule has 0 aliphatic carbocycles. The van der Waals surface area contributed by atoms with Gasteiger partial charge in [0.2, 0.25) is 5.95 Å². The SMILES string of the molecule is CN1CN([C@@H]2O[C@H](CO)C(O)C2O)c2nc(N)n(C)c(=O)c21. The fraction of sp³-hybridized carbons (Fsp3) is 0.667. The van der Waals surface area contributed by atoms with Crippen molar-refractivity contribution in [1.82, 2.24) is 9.55 Å². The van der Waals surface area contributed by atoms with Crippen molar-refractivity contribution in [2.45, 2.75) is 24.5 Å². The van der Waals surface area contributed by atoms with E-state index in [9.17, 15) is 20.1 Å². The number of nitrogens with two attached hydrogens (primary N) is 1. The van der Waals surface area contributed by atoms with E-state index in [4.69, 9.17) is 10.5 Å². The summed E-state index contributed by atoms with van der Waals surface area (Å²) in [4.78, 5) is 19.7. The molecule has 4 atom stereocenters. The highest BCUT2D eigenvalue weighted by atomic mass is 16.6. The zero-order valence-electron chi connectivity index (χ0n) is 12.2. The van der Waals surface area contributed by atoms with Crippen LogP contribution in [0.5, 0.6) is 0 Å². The van der Waals surface area contributed by atoms with Crippen LogP contribution < -0.4 is 21.1 Å². The zero-order chi connectivity index (χ0) is 16.2. The predicted octanol–water partition coefficient (Wildman–Crippen LogP) is -2.98. The van der Waals surface area contributed by atoms with E-state index >= 15 is 0 Å². The number of nitrogens with zero attached hydrogens (tertiary/aromatic N) is 4. The lowest BCUT2D eigenvalue weighted by atomic mass is 10.1. The third-order valence-corrected chi connectivity index (χ3v) is 4.13. The highest BCUT2D eigenvalue weighted by Gasteiger charge is 2.48. The molecule has 0 bridgehead atoms. The molecule has 3 heterocycles. The highest BCUT2D eigenvalue weighted by molar-refractivity contribution is 5.72. The first-order valence-corrected chi connectivity index (χ1v) is 6.83. The van der Waals surface area contributed by atoms with Gasteiger partial charge in [0.1, 0.15) is 24.0 Å². The molecule has 0 amide bonds. The number of aromatic nitrogens is 2. The minimum absolute atomic E-state index is 0.0378. The minimum atomic E-state index is -1.23. The molecule has 10 heteroatoms. The lowest BCUT2D eigenvalue weighted by molar-refractivity contribution is -0.0221. The Morgan fingerprint density at radius 1 is 1.36 bits per heavy atom. The topological polar surface area (TPSA) is 137 Å². The van der Waals surface area contributed by atoms with Crippen LogP contribution in [-0.4, -0.2) is 69.7 Å². The van der Waals surface area contributed by atoms with E-state index in [2.05, 4.69) is 4.98 Å². The molecule has 1 aromatic rings. The summed E-state index contributed by atoms with van der Waals surface area (Å²) in [5.41, 5.74) is 5.77. The molecule has 5 N–H and O–H groups in total. The fourth-order valence-electron chi connectivity index (χ4n) is 2.83. The standard InChI is InChI=1S/C12H19N5O5/c1-15-4-17(11-8(20)7(19)5(3-18)22-11)9-6(15)10(21)16(2)12(13)14-9/h5,7-8,11,18-20H,3-4H2,1-2H3,(H2,13,14)/t5-,7?,8?,11-/m1/s1. The molecule has 1 saturated heterocycles. The lowest BCUT2D eigenvalue weighted by Crippen LogP contribution is -2.45. The van der Waals surface area contributed by atoms with Gasteiger partial charge in [-0.1, -0.05) is 0 Å². The first-order chi connectivity index (χ1) is 10.4. The second-order valence-electron chi connectivity index (χ2n) is 5.54. The average molecular weight is 313 g/mol. The van der Waals surface area contributed by atoms with Crippen LogP contribution in [0.25, 0.3) is 0 Å². The third kappa shape index (κ3) is 1.96. The molecule has 10 nitrogen and oxygen atoms in total. The zero-order valence-corrected chi connectivity index (χ0v) is 12.2. The van der Waals surface area contributed by atoms with E-state index in [1.54, 1.807) is 16.8 Å². The fourth-order valence-corrected chi connectivity index (χ4v) is 2.83. The van der Waals surface area contributed by atoms with E-state index in [0.717, 1.165) is 0 Å². The van der Waals surface area contributed by atoms with E-state index in [-0.39, 0.29) is 24.0 Å². The molecule has 0 radical (unpaired) electrons. The smallest absolute Gasteiger partial charge is 0.280 e. The molecule has 2 aliphatic heterocycles. The maximum absolute atomic E-state index is 12.3. The summed E-state index contributed by atoms with van der Waals surface area (Å²) >= 11 is 0. The number of anilines is 3. The number of aliphatic hydroxyl groups is 3. The number of hydrogen-bond acceptors (Lipinski definition) is 9. The Morgan fingerprint density at radius 2 is 2.05 bits per heavy atom. The molecule has 0 spiro atoms. The molecule has 2 unspecified atom stereocenters. The van der Waals surface area contributed by atoms with E-state index in [0.29, 0.717) is 5.69 Å². The molecule has 0 aromatic carbocycles. The van der Waals surface area contributed by atoms with Crippen molar-refractivity contribution in [3.63, 3.8) is 0 Å². The van der Waals surface area contributed by atoms with Gasteiger partial charge in [-0.15, -0.1) is 0 Å². The molecule has 22 heavy (non-hydrogen) atoms. The minimum Gasteiger partial charge on any atom is -0.394 e. The number of ether oxygens (including phenoxy) is 1. The summed E-state index contributed by atoms with van der Waals surface area (Å²) < 4.78 is 6.73. The summed E-state index contributed by atoms with van der Waals surface area (Å²) in [6.07, 6.45) is -4.26. The molecular formula is C12H19N5O5. The predicted molar refractivity (Wildman–Crippen MR) is 77.4 cm³/mol. The number of nitrogen functional groups attached to an aromatic ring is 1. The first kappa shape index (κ1) is 15.0. The van der Waals surface area contributed by atoms with Crippen molar-refractivity contribution in [3.05, 3.63) is 10.4 Å². The van der Waals surface area contributed by atoms with Crippen LogP contribution in [0.3, 0.4) is 0 Å². The van der Waals surface area contributed by atoms with Crippen molar-refractivity contribution in [2.75, 3.05) is 35.9 Å². The first-order valence-electron chi connectivity index (χ1n) is 6.83. The van der Waals surface area contributed by atoms with Crippen molar-refractivity contribution in [1.29, 1.82) is 0 Å². The van der Waals surface area contributed by atoms with Gasteiger partial charge in [-0.05, 0) is 0 Å². The van der Waals surface area contributed by atoms with Crippen molar-refractivity contribution < 1.29 is 20.1 Å². The number of rotatable bonds is 2. The average Bonchev–Trinajstić information content (AvgIpc) is 2.95. The monoisotopic (exact) mass is 313 g/mol. The van der Waals surface area contributed by atoms with Crippen molar-refractivity contribution in [2.24, 2.45) is 7.05 Å². The summed E-state index contributed by atoms with van der Waals surface area (Å²) in [6, 6.07) is 0. The van der Waals surface area contributed by atoms with Gasteiger partial charge in [-0.3, -0.25) is 9.36 Å². The molecule has 1 aromatic heterocycles. The van der Waals surface area contributed by atoms with Crippen LogP contribution >= 0.6 is 0 Å². The van der Waals surface area contributed by atoms with Gasteiger partial charge >= 0.3 is 0 Å². The van der Waals surface area contributed by atoms with Crippen molar-refractivity contribution in [3.8, 4) is 0 Å². The Bertz CT molecular complexity index is 650. The van der Waals surface area contributed by atoms with Crippen LogP contribution in [0, 0.1) is 0 Å². The van der Waals surface area contributed by atoms with Crippen LogP contribution in [0.15, 0.2) is 4.79 Å². The molecule has 122 valence electrons. The second-order valence-corrected chi connectivity index (χ2v) is 5.54. The normalized spacial score (nSPS) is 31.0. The largest absolute Gasteiger partial charge is 0.394 e. The summed E-state index contributed by atoms with van der Waals surface area (Å²) in [5, 5.41) is 29.2. The van der Waals surface area contributed by atoms with Crippen LogP contribution in [-0.2, 0) is 11.8 Å². The Morgan fingerprint density at radius 3 is 2.64 bits per heavy atom. The van der Waals surface area contributed by atoms with Gasteiger partial charge in [-0.2, -0.15) is 4.98 Å². The second kappa shape index (κ2) is 5.09. The molecule has 1 fully saturated rings. The van der Waals surface area contributed by atoms with Crippen molar-refractivity contribution >= 4 is 17.5 Å². The van der Waals surface area contributed by atoms with Crippen LogP contribution in [0.1, 0.15) is 0 Å². The van der Waals surface area contributed by atoms with Gasteiger partial charge in [-0.25, -0.2) is 0 Å². The molecule has 0 saturated carbocycles.